The molecule has 1 aliphatic carbocycles. The van der Waals surface area contributed by atoms with Crippen molar-refractivity contribution < 1.29 is 4.79 Å². The molecule has 7 heteroatoms. The number of nitrogen functional groups attached to an aromatic ring is 1. The molecule has 0 bridgehead atoms. The van der Waals surface area contributed by atoms with Crippen LogP contribution < -0.4 is 16.2 Å². The third kappa shape index (κ3) is 3.32. The number of nitrogens with two attached hydrogens (primary N) is 1. The first-order valence-electron chi connectivity index (χ1n) is 9.29. The first-order valence-corrected chi connectivity index (χ1v) is 9.29. The first-order chi connectivity index (χ1) is 13.0. The Morgan fingerprint density at radius 3 is 2.78 bits per heavy atom. The minimum absolute atomic E-state index is 0.190. The summed E-state index contributed by atoms with van der Waals surface area (Å²) in [5.41, 5.74) is 8.24. The number of H-pyrrole nitrogens is 1. The van der Waals surface area contributed by atoms with Gasteiger partial charge in [-0.15, -0.1) is 0 Å². The van der Waals surface area contributed by atoms with Crippen LogP contribution in [0.2, 0.25) is 0 Å². The molecule has 7 nitrogen and oxygen atoms in total. The van der Waals surface area contributed by atoms with Crippen LogP contribution in [0.5, 0.6) is 0 Å². The molecule has 1 fully saturated rings. The van der Waals surface area contributed by atoms with Crippen LogP contribution in [0.3, 0.4) is 0 Å². The maximum Gasteiger partial charge on any atom is 0.278 e. The predicted octanol–water partition coefficient (Wildman–Crippen LogP) is 2.93. The van der Waals surface area contributed by atoms with Gasteiger partial charge < -0.3 is 15.6 Å². The minimum atomic E-state index is -0.326. The van der Waals surface area contributed by atoms with Gasteiger partial charge in [0.2, 0.25) is 0 Å². The van der Waals surface area contributed by atoms with Crippen molar-refractivity contribution in [1.82, 2.24) is 14.6 Å². The summed E-state index contributed by atoms with van der Waals surface area (Å²) in [4.78, 5) is 28.7. The van der Waals surface area contributed by atoms with Gasteiger partial charge in [-0.1, -0.05) is 31.4 Å². The van der Waals surface area contributed by atoms with Gasteiger partial charge in [-0.05, 0) is 36.5 Å². The highest BCUT2D eigenvalue weighted by Crippen LogP contribution is 2.34. The number of aromatic nitrogens is 3. The lowest BCUT2D eigenvalue weighted by molar-refractivity contribution is 0.0988. The van der Waals surface area contributed by atoms with Gasteiger partial charge in [0.05, 0.1) is 0 Å². The van der Waals surface area contributed by atoms with Crippen LogP contribution in [0.4, 0.5) is 11.5 Å². The fourth-order valence-corrected chi connectivity index (χ4v) is 3.84. The number of nitrogens with one attached hydrogen (secondary N) is 1. The van der Waals surface area contributed by atoms with Gasteiger partial charge in [-0.2, -0.15) is 5.10 Å². The zero-order valence-corrected chi connectivity index (χ0v) is 15.3. The second kappa shape index (κ2) is 6.90. The average molecular weight is 365 g/mol. The van der Waals surface area contributed by atoms with Gasteiger partial charge in [0, 0.05) is 24.9 Å². The molecule has 1 aromatic carbocycles. The molecule has 4 rings (SSSR count). The third-order valence-electron chi connectivity index (χ3n) is 5.34. The van der Waals surface area contributed by atoms with Gasteiger partial charge in [0.1, 0.15) is 11.5 Å². The van der Waals surface area contributed by atoms with Crippen molar-refractivity contribution >= 4 is 23.1 Å². The Hall–Kier alpha value is -3.09. The topological polar surface area (TPSA) is 96.5 Å². The second-order valence-corrected chi connectivity index (χ2v) is 7.18. The molecule has 1 saturated carbocycles. The summed E-state index contributed by atoms with van der Waals surface area (Å²) in [6.45, 7) is 0. The van der Waals surface area contributed by atoms with Gasteiger partial charge in [0.25, 0.3) is 11.5 Å². The zero-order valence-electron chi connectivity index (χ0n) is 15.3. The second-order valence-electron chi connectivity index (χ2n) is 7.18. The standard InChI is InChI=1S/C20H23N5O2/c1-24(15-9-5-8-14(10-15)13-6-3-2-4-7-13)20(27)16-11-18-22-19(26)12-17(21)25(18)23-16/h5,8-13H,2-4,6-7,21H2,1H3,(H,22,26). The summed E-state index contributed by atoms with van der Waals surface area (Å²) in [5.74, 6) is 0.511. The van der Waals surface area contributed by atoms with E-state index in [1.165, 1.54) is 48.2 Å². The number of anilines is 2. The summed E-state index contributed by atoms with van der Waals surface area (Å²) in [7, 11) is 1.73. The Bertz CT molecular complexity index is 1050. The first kappa shape index (κ1) is 17.3. The zero-order chi connectivity index (χ0) is 19.0. The fourth-order valence-electron chi connectivity index (χ4n) is 3.84. The van der Waals surface area contributed by atoms with Crippen molar-refractivity contribution in [3.8, 4) is 0 Å². The van der Waals surface area contributed by atoms with Crippen LogP contribution in [0, 0.1) is 0 Å². The van der Waals surface area contributed by atoms with E-state index in [1.807, 2.05) is 12.1 Å². The summed E-state index contributed by atoms with van der Waals surface area (Å²) in [6, 6.07) is 11.0. The van der Waals surface area contributed by atoms with E-state index < -0.39 is 0 Å². The molecule has 0 saturated heterocycles. The molecule has 27 heavy (non-hydrogen) atoms. The van der Waals surface area contributed by atoms with Crippen LogP contribution in [0.25, 0.3) is 5.65 Å². The number of hydrogen-bond donors (Lipinski definition) is 2. The summed E-state index contributed by atoms with van der Waals surface area (Å²) in [6.07, 6.45) is 6.27. The van der Waals surface area contributed by atoms with Gasteiger partial charge in [-0.3, -0.25) is 9.59 Å². The maximum atomic E-state index is 12.9. The van der Waals surface area contributed by atoms with E-state index in [-0.39, 0.29) is 23.0 Å². The molecule has 3 N–H and O–H groups in total. The quantitative estimate of drug-likeness (QED) is 0.746. The molecule has 1 amide bonds. The van der Waals surface area contributed by atoms with E-state index >= 15 is 0 Å². The van der Waals surface area contributed by atoms with Crippen molar-refractivity contribution in [3.63, 3.8) is 0 Å². The van der Waals surface area contributed by atoms with E-state index in [2.05, 4.69) is 22.2 Å². The predicted molar refractivity (Wildman–Crippen MR) is 105 cm³/mol. The SMILES string of the molecule is CN(C(=O)c1cc2[nH]c(=O)cc(N)n2n1)c1cccc(C2CCCCC2)c1. The van der Waals surface area contributed by atoms with Gasteiger partial charge in [0.15, 0.2) is 5.69 Å². The molecule has 3 aromatic rings. The van der Waals surface area contributed by atoms with Crippen molar-refractivity contribution in [2.24, 2.45) is 0 Å². The van der Waals surface area contributed by atoms with Crippen LogP contribution in [0.1, 0.15) is 54.1 Å². The van der Waals surface area contributed by atoms with E-state index in [9.17, 15) is 9.59 Å². The van der Waals surface area contributed by atoms with E-state index in [4.69, 9.17) is 5.73 Å². The molecule has 2 heterocycles. The number of hydrogen-bond acceptors (Lipinski definition) is 4. The smallest absolute Gasteiger partial charge is 0.278 e. The molecule has 2 aromatic heterocycles. The highest BCUT2D eigenvalue weighted by Gasteiger charge is 2.20. The largest absolute Gasteiger partial charge is 0.383 e. The van der Waals surface area contributed by atoms with E-state index in [0.29, 0.717) is 11.6 Å². The molecule has 0 aliphatic heterocycles. The molecule has 0 spiro atoms. The molecule has 1 aliphatic rings. The highest BCUT2D eigenvalue weighted by atomic mass is 16.2. The van der Waals surface area contributed by atoms with Crippen molar-refractivity contribution in [1.29, 1.82) is 0 Å². The Labute approximate surface area is 156 Å². The molecule has 0 radical (unpaired) electrons. The lowest BCUT2D eigenvalue weighted by atomic mass is 9.84. The molecule has 140 valence electrons. The van der Waals surface area contributed by atoms with Crippen LogP contribution in [-0.2, 0) is 0 Å². The lowest BCUT2D eigenvalue weighted by Crippen LogP contribution is -2.26. The maximum absolute atomic E-state index is 12.9. The summed E-state index contributed by atoms with van der Waals surface area (Å²) < 4.78 is 1.36. The Kier molecular flexibility index (Phi) is 4.43. The van der Waals surface area contributed by atoms with Crippen molar-refractivity contribution in [2.45, 2.75) is 38.0 Å². The van der Waals surface area contributed by atoms with Crippen LogP contribution >= 0.6 is 0 Å². The van der Waals surface area contributed by atoms with Crippen molar-refractivity contribution in [3.05, 3.63) is 58.0 Å². The van der Waals surface area contributed by atoms with Crippen molar-refractivity contribution in [2.75, 3.05) is 17.7 Å². The monoisotopic (exact) mass is 365 g/mol. The highest BCUT2D eigenvalue weighted by molar-refractivity contribution is 6.05. The Morgan fingerprint density at radius 2 is 2.00 bits per heavy atom. The number of amides is 1. The average Bonchev–Trinajstić information content (AvgIpc) is 3.12. The van der Waals surface area contributed by atoms with Crippen LogP contribution in [-0.4, -0.2) is 27.6 Å². The van der Waals surface area contributed by atoms with Gasteiger partial charge >= 0.3 is 0 Å². The number of carbonyl (C=O) groups is 1. The number of rotatable bonds is 3. The van der Waals surface area contributed by atoms with Gasteiger partial charge in [-0.25, -0.2) is 4.52 Å². The normalized spacial score (nSPS) is 15.1. The molecular formula is C20H23N5O2. The Morgan fingerprint density at radius 1 is 1.22 bits per heavy atom. The minimum Gasteiger partial charge on any atom is -0.383 e. The molecule has 0 atom stereocenters. The fraction of sp³-hybridized carbons (Fsp3) is 0.350. The number of carbonyl (C=O) groups excluding carboxylic acids is 1. The molecule has 0 unspecified atom stereocenters. The third-order valence-corrected chi connectivity index (χ3v) is 5.34. The summed E-state index contributed by atoms with van der Waals surface area (Å²) >= 11 is 0. The number of nitrogens with zero attached hydrogens (tertiary/aromatic N) is 3. The number of fused-ring (bicyclic) bond motifs is 1. The lowest BCUT2D eigenvalue weighted by Gasteiger charge is -2.24. The molecular weight excluding hydrogens is 342 g/mol. The summed E-state index contributed by atoms with van der Waals surface area (Å²) in [5, 5.41) is 4.24. The van der Waals surface area contributed by atoms with E-state index in [0.717, 1.165) is 5.69 Å². The Balaban J connectivity index is 1.62. The van der Waals surface area contributed by atoms with Crippen LogP contribution in [0.15, 0.2) is 41.2 Å². The van der Waals surface area contributed by atoms with E-state index in [1.54, 1.807) is 18.0 Å². The number of aromatic amines is 1. The number of benzene rings is 1.